The van der Waals surface area contributed by atoms with Crippen molar-refractivity contribution >= 4 is 16.9 Å². The van der Waals surface area contributed by atoms with Crippen LogP contribution in [0.1, 0.15) is 23.2 Å². The molecule has 1 aliphatic rings. The van der Waals surface area contributed by atoms with E-state index in [-0.39, 0.29) is 38.6 Å². The van der Waals surface area contributed by atoms with Gasteiger partial charge in [0.2, 0.25) is 0 Å². The van der Waals surface area contributed by atoms with Crippen molar-refractivity contribution in [3.8, 4) is 0 Å². The molecule has 2 aromatic heterocycles. The van der Waals surface area contributed by atoms with Crippen molar-refractivity contribution in [2.45, 2.75) is 12.8 Å². The maximum Gasteiger partial charge on any atom is 0.255 e. The summed E-state index contributed by atoms with van der Waals surface area (Å²) >= 11 is 0. The first kappa shape index (κ1) is 13.7. The molecule has 0 unspecified atom stereocenters. The zero-order valence-corrected chi connectivity index (χ0v) is 12.9. The average molecular weight is 317 g/mol. The van der Waals surface area contributed by atoms with Gasteiger partial charge in [-0.1, -0.05) is 0 Å². The van der Waals surface area contributed by atoms with Gasteiger partial charge in [-0.3, -0.25) is 4.79 Å². The third kappa shape index (κ3) is 2.65. The number of hydrogen-bond acceptors (Lipinski definition) is 2. The van der Waals surface area contributed by atoms with Gasteiger partial charge >= 0.3 is 0 Å². The molecule has 0 saturated carbocycles. The number of H-pyrrole nitrogens is 1. The number of nitrogens with zero attached hydrogens (tertiary/aromatic N) is 2. The summed E-state index contributed by atoms with van der Waals surface area (Å²) in [7, 11) is 0. The van der Waals surface area contributed by atoms with Gasteiger partial charge in [-0.15, -0.1) is 0 Å². The molecule has 1 saturated heterocycles. The van der Waals surface area contributed by atoms with E-state index in [0.717, 1.165) is 37.0 Å². The Kier molecular flexibility index (Phi) is 4.52. The first-order valence-corrected chi connectivity index (χ1v) is 5.89. The number of aromatic amines is 1. The van der Waals surface area contributed by atoms with Gasteiger partial charge in [0.25, 0.3) is 5.91 Å². The molecule has 2 aromatic rings. The molecule has 3 heterocycles. The summed E-state index contributed by atoms with van der Waals surface area (Å²) in [4.78, 5) is 21.4. The van der Waals surface area contributed by atoms with Gasteiger partial charge in [-0.05, 0) is 25.2 Å². The third-order valence-corrected chi connectivity index (χ3v) is 3.14. The number of hydrogen-bond donors (Lipinski definition) is 1. The summed E-state index contributed by atoms with van der Waals surface area (Å²) < 4.78 is 0. The van der Waals surface area contributed by atoms with Crippen molar-refractivity contribution in [2.75, 3.05) is 13.1 Å². The standard InChI is InChI=1S/C13H14N3O.Y/c17-13(16-6-2-1-3-7-16)11-8-10-4-5-14-12(10)15-9-11;/h1,4-5,8-9H,2-3,6-7H2,(H,14,15);/q-1;. The number of pyridine rings is 1. The molecule has 1 amide bonds. The first-order valence-electron chi connectivity index (χ1n) is 5.89. The molecule has 0 spiro atoms. The van der Waals surface area contributed by atoms with Crippen molar-refractivity contribution in [3.05, 3.63) is 36.5 Å². The van der Waals surface area contributed by atoms with Crippen LogP contribution < -0.4 is 0 Å². The van der Waals surface area contributed by atoms with Gasteiger partial charge in [0.15, 0.2) is 0 Å². The molecule has 0 aromatic carbocycles. The average Bonchev–Trinajstić information content (AvgIpc) is 2.86. The number of amides is 1. The van der Waals surface area contributed by atoms with Gasteiger partial charge < -0.3 is 16.3 Å². The molecule has 1 fully saturated rings. The van der Waals surface area contributed by atoms with Gasteiger partial charge in [0.1, 0.15) is 5.65 Å². The number of piperidine rings is 1. The fraction of sp³-hybridized carbons (Fsp3) is 0.308. The number of nitrogens with one attached hydrogen (secondary N) is 1. The van der Waals surface area contributed by atoms with Crippen LogP contribution in [0.2, 0.25) is 0 Å². The molecule has 91 valence electrons. The molecule has 0 aliphatic carbocycles. The monoisotopic (exact) mass is 317 g/mol. The van der Waals surface area contributed by atoms with Crippen molar-refractivity contribution in [3.63, 3.8) is 0 Å². The van der Waals surface area contributed by atoms with E-state index in [4.69, 9.17) is 0 Å². The summed E-state index contributed by atoms with van der Waals surface area (Å²) in [6, 6.07) is 3.84. The van der Waals surface area contributed by atoms with Crippen molar-refractivity contribution in [1.29, 1.82) is 0 Å². The van der Waals surface area contributed by atoms with E-state index in [1.54, 1.807) is 6.20 Å². The largest absolute Gasteiger partial charge is 0.346 e. The van der Waals surface area contributed by atoms with Crippen LogP contribution in [0.3, 0.4) is 0 Å². The second kappa shape index (κ2) is 5.94. The summed E-state index contributed by atoms with van der Waals surface area (Å²) in [6.07, 6.45) is 7.70. The van der Waals surface area contributed by atoms with E-state index in [2.05, 4.69) is 16.4 Å². The minimum absolute atomic E-state index is 0. The SMILES string of the molecule is O=C(c1cnc2[nH]ccc2c1)N1CC[CH-]CC1.[Y]. The van der Waals surface area contributed by atoms with Crippen LogP contribution in [0.15, 0.2) is 24.5 Å². The normalized spacial score (nSPS) is 15.4. The minimum atomic E-state index is 0. The van der Waals surface area contributed by atoms with Crippen LogP contribution in [0.5, 0.6) is 0 Å². The number of likely N-dealkylation sites (tertiary alicyclic amines) is 1. The Balaban J connectivity index is 0.00000120. The molecular weight excluding hydrogens is 303 g/mol. The van der Waals surface area contributed by atoms with E-state index in [0.29, 0.717) is 5.56 Å². The Bertz CT molecular complexity index is 546. The molecule has 18 heavy (non-hydrogen) atoms. The Labute approximate surface area is 131 Å². The predicted molar refractivity (Wildman–Crippen MR) is 65.5 cm³/mol. The molecule has 5 heteroatoms. The summed E-state index contributed by atoms with van der Waals surface area (Å²) in [5.41, 5.74) is 1.51. The molecular formula is C13H14N3OY-. The van der Waals surface area contributed by atoms with Gasteiger partial charge in [-0.25, -0.2) is 4.98 Å². The van der Waals surface area contributed by atoms with Crippen molar-refractivity contribution in [2.24, 2.45) is 0 Å². The summed E-state index contributed by atoms with van der Waals surface area (Å²) in [5.74, 6) is 0.0914. The van der Waals surface area contributed by atoms with E-state index in [1.807, 2.05) is 23.2 Å². The number of fused-ring (bicyclic) bond motifs is 1. The molecule has 0 atom stereocenters. The number of carbonyl (C=O) groups excluding carboxylic acids is 1. The zero-order valence-electron chi connectivity index (χ0n) is 10.1. The van der Waals surface area contributed by atoms with E-state index >= 15 is 0 Å². The topological polar surface area (TPSA) is 49.0 Å². The van der Waals surface area contributed by atoms with Crippen molar-refractivity contribution in [1.82, 2.24) is 14.9 Å². The Hall–Kier alpha value is -0.736. The van der Waals surface area contributed by atoms with Gasteiger partial charge in [0.05, 0.1) is 5.56 Å². The molecule has 3 rings (SSSR count). The molecule has 4 nitrogen and oxygen atoms in total. The smallest absolute Gasteiger partial charge is 0.255 e. The molecule has 1 aliphatic heterocycles. The third-order valence-electron chi connectivity index (χ3n) is 3.14. The Morgan fingerprint density at radius 3 is 2.94 bits per heavy atom. The quantitative estimate of drug-likeness (QED) is 0.818. The zero-order chi connectivity index (χ0) is 11.7. The summed E-state index contributed by atoms with van der Waals surface area (Å²) in [5, 5.41) is 0.986. The van der Waals surface area contributed by atoms with Gasteiger partial charge in [-0.2, -0.15) is 12.8 Å². The number of aromatic nitrogens is 2. The second-order valence-electron chi connectivity index (χ2n) is 4.30. The fourth-order valence-electron chi connectivity index (χ4n) is 2.19. The van der Waals surface area contributed by atoms with E-state index < -0.39 is 0 Å². The molecule has 0 bridgehead atoms. The van der Waals surface area contributed by atoms with Crippen LogP contribution >= 0.6 is 0 Å². The maximum absolute atomic E-state index is 12.2. The minimum Gasteiger partial charge on any atom is -0.346 e. The Morgan fingerprint density at radius 2 is 2.17 bits per heavy atom. The fourth-order valence-corrected chi connectivity index (χ4v) is 2.19. The molecule has 1 radical (unpaired) electrons. The van der Waals surface area contributed by atoms with Crippen molar-refractivity contribution < 1.29 is 37.5 Å². The Morgan fingerprint density at radius 1 is 1.39 bits per heavy atom. The van der Waals surface area contributed by atoms with Crippen LogP contribution in [0.25, 0.3) is 11.0 Å². The maximum atomic E-state index is 12.2. The van der Waals surface area contributed by atoms with Crippen LogP contribution in [0, 0.1) is 6.42 Å². The van der Waals surface area contributed by atoms with Crippen LogP contribution in [0.4, 0.5) is 0 Å². The second-order valence-corrected chi connectivity index (χ2v) is 4.30. The number of carbonyl (C=O) groups is 1. The van der Waals surface area contributed by atoms with Crippen LogP contribution in [-0.4, -0.2) is 33.9 Å². The summed E-state index contributed by atoms with van der Waals surface area (Å²) in [6.45, 7) is 1.65. The molecule has 1 N–H and O–H groups in total. The van der Waals surface area contributed by atoms with Crippen LogP contribution in [-0.2, 0) is 32.7 Å². The number of rotatable bonds is 1. The first-order chi connectivity index (χ1) is 8.34. The van der Waals surface area contributed by atoms with Gasteiger partial charge in [0, 0.05) is 50.5 Å². The van der Waals surface area contributed by atoms with E-state index in [1.165, 1.54) is 0 Å². The van der Waals surface area contributed by atoms with E-state index in [9.17, 15) is 4.79 Å². The predicted octanol–water partition coefficient (Wildman–Crippen LogP) is 2.00.